The van der Waals surface area contributed by atoms with Gasteiger partial charge in [0.25, 0.3) is 0 Å². The second kappa shape index (κ2) is 4.91. The SMILES string of the molecule is C#CN1CNC2(Cl)N=C(I)NC(c3cccc(F)c3)=C12. The van der Waals surface area contributed by atoms with Gasteiger partial charge in [0.05, 0.1) is 12.4 Å². The molecule has 0 saturated carbocycles. The van der Waals surface area contributed by atoms with Gasteiger partial charge in [-0.3, -0.25) is 10.2 Å². The van der Waals surface area contributed by atoms with E-state index in [1.54, 1.807) is 17.0 Å². The van der Waals surface area contributed by atoms with E-state index in [-0.39, 0.29) is 5.82 Å². The van der Waals surface area contributed by atoms with E-state index in [4.69, 9.17) is 18.0 Å². The maximum Gasteiger partial charge on any atom is 0.234 e. The van der Waals surface area contributed by atoms with Crippen molar-refractivity contribution >= 4 is 43.7 Å². The first kappa shape index (κ1) is 13.7. The predicted octanol–water partition coefficient (Wildman–Crippen LogP) is 2.23. The summed E-state index contributed by atoms with van der Waals surface area (Å²) in [5.74, 6) is -0.326. The molecular weight excluding hydrogens is 394 g/mol. The molecule has 0 radical (unpaired) electrons. The molecule has 0 spiro atoms. The van der Waals surface area contributed by atoms with Crippen molar-refractivity contribution in [3.63, 3.8) is 0 Å². The van der Waals surface area contributed by atoms with Crippen LogP contribution in [0.2, 0.25) is 0 Å². The summed E-state index contributed by atoms with van der Waals surface area (Å²) in [6.07, 6.45) is 5.50. The van der Waals surface area contributed by atoms with Crippen LogP contribution in [0.1, 0.15) is 5.56 Å². The van der Waals surface area contributed by atoms with Crippen molar-refractivity contribution in [1.29, 1.82) is 0 Å². The van der Waals surface area contributed by atoms with Crippen LogP contribution in [0.25, 0.3) is 5.70 Å². The average Bonchev–Trinajstić information content (AvgIpc) is 2.74. The largest absolute Gasteiger partial charge is 0.333 e. The van der Waals surface area contributed by atoms with Gasteiger partial charge >= 0.3 is 0 Å². The van der Waals surface area contributed by atoms with Crippen LogP contribution in [-0.2, 0) is 0 Å². The molecule has 1 fully saturated rings. The number of amidine groups is 1. The third kappa shape index (κ3) is 2.16. The first-order chi connectivity index (χ1) is 9.53. The molecule has 7 heteroatoms. The number of alkyl halides is 1. The number of rotatable bonds is 1. The van der Waals surface area contributed by atoms with Crippen molar-refractivity contribution in [2.24, 2.45) is 4.99 Å². The van der Waals surface area contributed by atoms with E-state index < -0.39 is 5.12 Å². The predicted molar refractivity (Wildman–Crippen MR) is 85.2 cm³/mol. The first-order valence-electron chi connectivity index (χ1n) is 5.74. The second-order valence-electron chi connectivity index (χ2n) is 4.28. The second-order valence-corrected chi connectivity index (χ2v) is 5.84. The lowest BCUT2D eigenvalue weighted by Crippen LogP contribution is -2.40. The van der Waals surface area contributed by atoms with Gasteiger partial charge in [0.1, 0.15) is 11.5 Å². The standard InChI is InChI=1S/C13H9ClFIN4/c1-2-20-7-17-13(14)11(20)10(18-12(16)19-13)8-4-3-5-9(15)6-8/h1,3-6,17H,7H2,(H,18,19). The Bertz CT molecular complexity index is 681. The summed E-state index contributed by atoms with van der Waals surface area (Å²) in [5, 5.41) is 5.04. The number of fused-ring (bicyclic) bond motifs is 1. The van der Waals surface area contributed by atoms with E-state index >= 15 is 0 Å². The molecule has 2 aliphatic heterocycles. The van der Waals surface area contributed by atoms with Gasteiger partial charge < -0.3 is 5.32 Å². The molecule has 4 nitrogen and oxygen atoms in total. The van der Waals surface area contributed by atoms with Gasteiger partial charge in [0.15, 0.2) is 3.84 Å². The molecule has 1 atom stereocenters. The third-order valence-electron chi connectivity index (χ3n) is 3.04. The highest BCUT2D eigenvalue weighted by Gasteiger charge is 2.45. The zero-order valence-corrected chi connectivity index (χ0v) is 13.0. The summed E-state index contributed by atoms with van der Waals surface area (Å²) in [6, 6.07) is 8.78. The lowest BCUT2D eigenvalue weighted by molar-refractivity contribution is 0.544. The summed E-state index contributed by atoms with van der Waals surface area (Å²) >= 11 is 8.52. The van der Waals surface area contributed by atoms with Gasteiger partial charge in [-0.2, -0.15) is 0 Å². The first-order valence-corrected chi connectivity index (χ1v) is 7.20. The van der Waals surface area contributed by atoms with Crippen LogP contribution in [0.5, 0.6) is 0 Å². The number of halogens is 3. The topological polar surface area (TPSA) is 39.7 Å². The summed E-state index contributed by atoms with van der Waals surface area (Å²) < 4.78 is 14.1. The Morgan fingerprint density at radius 3 is 3.05 bits per heavy atom. The van der Waals surface area contributed by atoms with Gasteiger partial charge in [0, 0.05) is 11.6 Å². The molecule has 20 heavy (non-hydrogen) atoms. The van der Waals surface area contributed by atoms with Crippen molar-refractivity contribution in [1.82, 2.24) is 15.5 Å². The summed E-state index contributed by atoms with van der Waals surface area (Å²) in [7, 11) is 0. The average molecular weight is 403 g/mol. The Morgan fingerprint density at radius 2 is 2.35 bits per heavy atom. The molecule has 1 aromatic rings. The van der Waals surface area contributed by atoms with E-state index in [0.717, 1.165) is 0 Å². The number of nitrogens with one attached hydrogen (secondary N) is 2. The fourth-order valence-corrected chi connectivity index (χ4v) is 3.32. The highest BCUT2D eigenvalue weighted by atomic mass is 127. The molecule has 0 aliphatic carbocycles. The summed E-state index contributed by atoms with van der Waals surface area (Å²) in [5.41, 5.74) is 1.92. The monoisotopic (exact) mass is 402 g/mol. The smallest absolute Gasteiger partial charge is 0.234 e. The molecule has 3 rings (SSSR count). The molecule has 0 bridgehead atoms. The van der Waals surface area contributed by atoms with Crippen LogP contribution < -0.4 is 10.6 Å². The van der Waals surface area contributed by atoms with Crippen molar-refractivity contribution in [2.45, 2.75) is 5.12 Å². The van der Waals surface area contributed by atoms with Crippen LogP contribution in [0, 0.1) is 18.3 Å². The van der Waals surface area contributed by atoms with Crippen LogP contribution in [0.4, 0.5) is 4.39 Å². The molecule has 2 N–H and O–H groups in total. The maximum atomic E-state index is 13.5. The van der Waals surface area contributed by atoms with E-state index in [1.807, 2.05) is 22.6 Å². The highest BCUT2D eigenvalue weighted by molar-refractivity contribution is 14.1. The molecule has 102 valence electrons. The van der Waals surface area contributed by atoms with Crippen molar-refractivity contribution in [3.05, 3.63) is 41.3 Å². The molecular formula is C13H9ClFIN4. The maximum absolute atomic E-state index is 13.5. The number of terminal acetylenes is 1. The van der Waals surface area contributed by atoms with Gasteiger partial charge in [-0.25, -0.2) is 9.38 Å². The Balaban J connectivity index is 2.20. The van der Waals surface area contributed by atoms with Crippen LogP contribution >= 0.6 is 34.2 Å². The molecule has 1 saturated heterocycles. The van der Waals surface area contributed by atoms with Gasteiger partial charge in [-0.05, 0) is 34.7 Å². The number of aliphatic imine (C=N–C) groups is 1. The van der Waals surface area contributed by atoms with Crippen LogP contribution in [0.3, 0.4) is 0 Å². The minimum Gasteiger partial charge on any atom is -0.333 e. The highest BCUT2D eigenvalue weighted by Crippen LogP contribution is 2.39. The van der Waals surface area contributed by atoms with E-state index in [9.17, 15) is 4.39 Å². The quantitative estimate of drug-likeness (QED) is 0.328. The normalized spacial score (nSPS) is 24.9. The van der Waals surface area contributed by atoms with Crippen molar-refractivity contribution in [3.8, 4) is 12.5 Å². The lowest BCUT2D eigenvalue weighted by atomic mass is 10.1. The van der Waals surface area contributed by atoms with Gasteiger partial charge in [-0.1, -0.05) is 30.2 Å². The molecule has 1 aromatic carbocycles. The van der Waals surface area contributed by atoms with E-state index in [2.05, 4.69) is 21.7 Å². The van der Waals surface area contributed by atoms with Crippen molar-refractivity contribution in [2.75, 3.05) is 6.67 Å². The minimum absolute atomic E-state index is 0.326. The third-order valence-corrected chi connectivity index (χ3v) is 3.95. The van der Waals surface area contributed by atoms with Crippen molar-refractivity contribution < 1.29 is 4.39 Å². The fraction of sp³-hybridized carbons (Fsp3) is 0.154. The fourth-order valence-electron chi connectivity index (χ4n) is 2.21. The molecule has 0 aromatic heterocycles. The van der Waals surface area contributed by atoms with Gasteiger partial charge in [0.2, 0.25) is 5.12 Å². The molecule has 0 amide bonds. The van der Waals surface area contributed by atoms with Crippen LogP contribution in [0.15, 0.2) is 35.0 Å². The Kier molecular flexibility index (Phi) is 3.36. The van der Waals surface area contributed by atoms with E-state index in [0.29, 0.717) is 27.5 Å². The van der Waals surface area contributed by atoms with E-state index in [1.165, 1.54) is 12.1 Å². The Hall–Kier alpha value is -1.30. The molecule has 1 unspecified atom stereocenters. The molecule has 2 heterocycles. The lowest BCUT2D eigenvalue weighted by Gasteiger charge is -2.28. The number of hydrogen-bond acceptors (Lipinski definition) is 4. The number of nitrogens with zero attached hydrogens (tertiary/aromatic N) is 2. The summed E-state index contributed by atoms with van der Waals surface area (Å²) in [6.45, 7) is 0.378. The van der Waals surface area contributed by atoms with Crippen LogP contribution in [-0.4, -0.2) is 20.5 Å². The number of benzene rings is 1. The summed E-state index contributed by atoms with van der Waals surface area (Å²) in [4.78, 5) is 5.95. The Morgan fingerprint density at radius 1 is 1.55 bits per heavy atom. The zero-order valence-electron chi connectivity index (χ0n) is 10.1. The Labute approximate surface area is 134 Å². The minimum atomic E-state index is -1.12. The zero-order chi connectivity index (χ0) is 14.3. The van der Waals surface area contributed by atoms with Gasteiger partial charge in [-0.15, -0.1) is 0 Å². The molecule has 2 aliphatic rings. The number of hydrogen-bond donors (Lipinski definition) is 2.